The highest BCUT2D eigenvalue weighted by Crippen LogP contribution is 2.41. The fraction of sp³-hybridized carbons (Fsp3) is 0.467. The molecule has 1 aromatic heterocycles. The van der Waals surface area contributed by atoms with E-state index in [2.05, 4.69) is 6.07 Å². The number of hydrogen-bond donors (Lipinski definition) is 0. The van der Waals surface area contributed by atoms with Gasteiger partial charge in [0.2, 0.25) is 0 Å². The van der Waals surface area contributed by atoms with Crippen molar-refractivity contribution < 1.29 is 42.9 Å². The SMILES string of the molecule is CC(=O)OC[C@H]1O[C@@H](n2c3c(c(-c4ccc(Cl)cc4)c(C#N)c2=S)CCCC3)[C@@H](OC(C)=O)[C@@H](OC(C)=O)[C@H]1OC(C)=O. The molecule has 2 heterocycles. The molecule has 0 unspecified atom stereocenters. The molecule has 2 aliphatic rings. The maximum atomic E-state index is 12.4. The molecule has 5 atom stereocenters. The topological polar surface area (TPSA) is 143 Å². The van der Waals surface area contributed by atoms with Gasteiger partial charge in [0.25, 0.3) is 0 Å². The third-order valence-electron chi connectivity index (χ3n) is 7.18. The molecule has 1 aliphatic carbocycles. The van der Waals surface area contributed by atoms with Gasteiger partial charge in [0.1, 0.15) is 23.4 Å². The third-order valence-corrected chi connectivity index (χ3v) is 7.83. The van der Waals surface area contributed by atoms with Crippen molar-refractivity contribution in [1.82, 2.24) is 4.57 Å². The van der Waals surface area contributed by atoms with Crippen LogP contribution >= 0.6 is 23.8 Å². The van der Waals surface area contributed by atoms with Crippen LogP contribution in [0.4, 0.5) is 0 Å². The number of carbonyl (C=O) groups excluding carboxylic acids is 4. The van der Waals surface area contributed by atoms with Crippen molar-refractivity contribution in [3.8, 4) is 17.2 Å². The Labute approximate surface area is 258 Å². The van der Waals surface area contributed by atoms with Gasteiger partial charge in [-0.05, 0) is 48.9 Å². The van der Waals surface area contributed by atoms with Gasteiger partial charge in [-0.3, -0.25) is 19.2 Å². The predicted molar refractivity (Wildman–Crippen MR) is 154 cm³/mol. The standard InChI is InChI=1S/C30H31ClN2O9S/c1-15(34)38-14-24-26(39-16(2)35)27(40-17(3)36)28(41-18(4)37)29(42-24)33-23-8-6-5-7-21(23)25(22(13-32)30(33)43)19-9-11-20(31)12-10-19/h9-12,24,26-29H,5-8,14H2,1-4H3/t24-,26+,27+,28+,29-/m1/s1. The van der Waals surface area contributed by atoms with E-state index >= 15 is 0 Å². The van der Waals surface area contributed by atoms with Gasteiger partial charge in [0.15, 0.2) is 24.5 Å². The number of ether oxygens (including phenoxy) is 5. The first-order valence-corrected chi connectivity index (χ1v) is 14.5. The fourth-order valence-corrected chi connectivity index (χ4v) is 6.13. The Hall–Kier alpha value is -3.79. The van der Waals surface area contributed by atoms with E-state index in [4.69, 9.17) is 47.5 Å². The second-order valence-corrected chi connectivity index (χ2v) is 11.1. The van der Waals surface area contributed by atoms with Crippen LogP contribution in [-0.2, 0) is 55.7 Å². The van der Waals surface area contributed by atoms with Gasteiger partial charge in [0.05, 0.1) is 5.56 Å². The highest BCUT2D eigenvalue weighted by Gasteiger charge is 2.53. The second-order valence-electron chi connectivity index (χ2n) is 10.3. The molecule has 4 rings (SSSR count). The first kappa shape index (κ1) is 32.1. The third kappa shape index (κ3) is 7.06. The first-order chi connectivity index (χ1) is 20.4. The number of hydrogen-bond acceptors (Lipinski definition) is 11. The molecule has 0 spiro atoms. The molecule has 1 aromatic carbocycles. The number of rotatable bonds is 7. The number of benzene rings is 1. The average Bonchev–Trinajstić information content (AvgIpc) is 2.94. The van der Waals surface area contributed by atoms with E-state index < -0.39 is 54.5 Å². The molecule has 43 heavy (non-hydrogen) atoms. The van der Waals surface area contributed by atoms with Gasteiger partial charge >= 0.3 is 23.9 Å². The summed E-state index contributed by atoms with van der Waals surface area (Å²) in [5.41, 5.74) is 3.26. The summed E-state index contributed by atoms with van der Waals surface area (Å²) in [6, 6.07) is 9.35. The Balaban J connectivity index is 1.99. The summed E-state index contributed by atoms with van der Waals surface area (Å²) < 4.78 is 30.2. The second kappa shape index (κ2) is 13.7. The lowest BCUT2D eigenvalue weighted by atomic mass is 9.86. The minimum absolute atomic E-state index is 0.106. The molecule has 1 fully saturated rings. The van der Waals surface area contributed by atoms with Crippen LogP contribution in [0.3, 0.4) is 0 Å². The van der Waals surface area contributed by atoms with Gasteiger partial charge < -0.3 is 28.3 Å². The van der Waals surface area contributed by atoms with E-state index in [-0.39, 0.29) is 16.8 Å². The number of fused-ring (bicyclic) bond motifs is 1. The summed E-state index contributed by atoms with van der Waals surface area (Å²) in [5, 5.41) is 10.9. The van der Waals surface area contributed by atoms with Crippen LogP contribution in [0.5, 0.6) is 0 Å². The van der Waals surface area contributed by atoms with Crippen LogP contribution in [0, 0.1) is 16.0 Å². The maximum absolute atomic E-state index is 12.4. The monoisotopic (exact) mass is 630 g/mol. The molecule has 0 saturated carbocycles. The summed E-state index contributed by atoms with van der Waals surface area (Å²) in [6.45, 7) is 4.31. The minimum atomic E-state index is -1.37. The summed E-state index contributed by atoms with van der Waals surface area (Å²) in [6.07, 6.45) is -3.59. The van der Waals surface area contributed by atoms with E-state index in [0.29, 0.717) is 23.4 Å². The van der Waals surface area contributed by atoms with Gasteiger partial charge in [-0.2, -0.15) is 5.26 Å². The van der Waals surface area contributed by atoms with Crippen LogP contribution in [0.15, 0.2) is 24.3 Å². The molecule has 11 nitrogen and oxygen atoms in total. The Bertz CT molecular complexity index is 1530. The van der Waals surface area contributed by atoms with Crippen molar-refractivity contribution in [3.63, 3.8) is 0 Å². The van der Waals surface area contributed by atoms with Crippen molar-refractivity contribution in [2.45, 2.75) is 84.0 Å². The Morgan fingerprint density at radius 1 is 0.930 bits per heavy atom. The zero-order valence-corrected chi connectivity index (χ0v) is 25.7. The molecule has 0 N–H and O–H groups in total. The zero-order chi connectivity index (χ0) is 31.4. The van der Waals surface area contributed by atoms with E-state index in [1.165, 1.54) is 13.8 Å². The van der Waals surface area contributed by atoms with Crippen molar-refractivity contribution in [2.24, 2.45) is 0 Å². The van der Waals surface area contributed by atoms with Gasteiger partial charge in [-0.25, -0.2) is 0 Å². The zero-order valence-electron chi connectivity index (χ0n) is 24.1. The van der Waals surface area contributed by atoms with Gasteiger partial charge in [0, 0.05) is 44.0 Å². The summed E-state index contributed by atoms with van der Waals surface area (Å²) in [5.74, 6) is -2.82. The summed E-state index contributed by atoms with van der Waals surface area (Å²) in [7, 11) is 0. The molecule has 1 saturated heterocycles. The number of nitrogens with zero attached hydrogens (tertiary/aromatic N) is 2. The average molecular weight is 631 g/mol. The van der Waals surface area contributed by atoms with Gasteiger partial charge in [-0.1, -0.05) is 36.0 Å². The molecule has 2 aromatic rings. The lowest BCUT2D eigenvalue weighted by Crippen LogP contribution is -2.61. The lowest BCUT2D eigenvalue weighted by Gasteiger charge is -2.46. The van der Waals surface area contributed by atoms with E-state index in [1.54, 1.807) is 16.7 Å². The van der Waals surface area contributed by atoms with E-state index in [9.17, 15) is 24.4 Å². The maximum Gasteiger partial charge on any atom is 0.303 e. The summed E-state index contributed by atoms with van der Waals surface area (Å²) in [4.78, 5) is 48.6. The fourth-order valence-electron chi connectivity index (χ4n) is 5.65. The first-order valence-electron chi connectivity index (χ1n) is 13.7. The number of aromatic nitrogens is 1. The number of nitriles is 1. The van der Waals surface area contributed by atoms with Gasteiger partial charge in [-0.15, -0.1) is 0 Å². The van der Waals surface area contributed by atoms with Crippen LogP contribution < -0.4 is 0 Å². The number of esters is 4. The lowest BCUT2D eigenvalue weighted by molar-refractivity contribution is -0.269. The Morgan fingerprint density at radius 2 is 1.51 bits per heavy atom. The quantitative estimate of drug-likeness (QED) is 0.241. The largest absolute Gasteiger partial charge is 0.463 e. The number of pyridine rings is 1. The predicted octanol–water partition coefficient (Wildman–Crippen LogP) is 4.54. The molecular formula is C30H31ClN2O9S. The molecular weight excluding hydrogens is 600 g/mol. The molecule has 228 valence electrons. The normalized spacial score (nSPS) is 22.8. The van der Waals surface area contributed by atoms with Crippen molar-refractivity contribution in [2.75, 3.05) is 6.61 Å². The van der Waals surface area contributed by atoms with E-state index in [1.807, 2.05) is 12.1 Å². The van der Waals surface area contributed by atoms with Crippen LogP contribution in [0.2, 0.25) is 5.02 Å². The van der Waals surface area contributed by atoms with Crippen LogP contribution in [-0.4, -0.2) is 59.5 Å². The number of halogens is 1. The minimum Gasteiger partial charge on any atom is -0.463 e. The molecule has 13 heteroatoms. The Kier molecular flexibility index (Phi) is 10.2. The Morgan fingerprint density at radius 3 is 2.09 bits per heavy atom. The highest BCUT2D eigenvalue weighted by molar-refractivity contribution is 7.71. The highest BCUT2D eigenvalue weighted by atomic mass is 35.5. The molecule has 0 amide bonds. The summed E-state index contributed by atoms with van der Waals surface area (Å²) >= 11 is 12.1. The van der Waals surface area contributed by atoms with E-state index in [0.717, 1.165) is 43.5 Å². The van der Waals surface area contributed by atoms with Crippen molar-refractivity contribution >= 4 is 47.7 Å². The van der Waals surface area contributed by atoms with Crippen molar-refractivity contribution in [1.29, 1.82) is 5.26 Å². The smallest absolute Gasteiger partial charge is 0.303 e. The molecule has 0 radical (unpaired) electrons. The van der Waals surface area contributed by atoms with Crippen molar-refractivity contribution in [3.05, 3.63) is 50.7 Å². The number of carbonyl (C=O) groups is 4. The molecule has 0 bridgehead atoms. The van der Waals surface area contributed by atoms with Crippen LogP contribution in [0.25, 0.3) is 11.1 Å². The van der Waals surface area contributed by atoms with Crippen LogP contribution in [0.1, 0.15) is 63.6 Å². The molecule has 1 aliphatic heterocycles.